The molecule has 0 unspecified atom stereocenters. The molecule has 38 heavy (non-hydrogen) atoms. The molecule has 0 saturated heterocycles. The number of rotatable bonds is 6. The number of nitrogens with one attached hydrogen (secondary N) is 1. The zero-order chi connectivity index (χ0) is 26.2. The van der Waals surface area contributed by atoms with Gasteiger partial charge in [-0.3, -0.25) is 4.98 Å². The maximum absolute atomic E-state index is 11.6. The second-order valence-corrected chi connectivity index (χ2v) is 10.6. The van der Waals surface area contributed by atoms with Crippen molar-refractivity contribution < 1.29 is 9.90 Å². The first-order chi connectivity index (χ1) is 18.5. The molecular weight excluding hydrogens is 470 g/mol. The number of aryl methyl sites for hydroxylation is 3. The summed E-state index contributed by atoms with van der Waals surface area (Å²) < 4.78 is 0. The van der Waals surface area contributed by atoms with Crippen molar-refractivity contribution in [2.75, 3.05) is 18.0 Å². The largest absolute Gasteiger partial charge is 0.478 e. The smallest absolute Gasteiger partial charge is 0.336 e. The van der Waals surface area contributed by atoms with Crippen LogP contribution >= 0.6 is 0 Å². The van der Waals surface area contributed by atoms with Gasteiger partial charge in [-0.2, -0.15) is 0 Å². The lowest BCUT2D eigenvalue weighted by Gasteiger charge is -2.28. The molecule has 6 rings (SSSR count). The van der Waals surface area contributed by atoms with E-state index in [4.69, 9.17) is 0 Å². The molecule has 0 saturated carbocycles. The van der Waals surface area contributed by atoms with Crippen LogP contribution < -0.4 is 10.2 Å². The number of anilines is 2. The molecule has 0 radical (unpaired) electrons. The Morgan fingerprint density at radius 3 is 2.76 bits per heavy atom. The van der Waals surface area contributed by atoms with Gasteiger partial charge in [-0.15, -0.1) is 0 Å². The monoisotopic (exact) mass is 503 g/mol. The average molecular weight is 504 g/mol. The van der Waals surface area contributed by atoms with E-state index in [0.717, 1.165) is 37.9 Å². The van der Waals surface area contributed by atoms with Gasteiger partial charge in [0.2, 0.25) is 0 Å². The van der Waals surface area contributed by atoms with Crippen molar-refractivity contribution in [3.63, 3.8) is 0 Å². The van der Waals surface area contributed by atoms with Gasteiger partial charge >= 0.3 is 5.97 Å². The molecule has 192 valence electrons. The number of carbonyl (C=O) groups is 1. The third kappa shape index (κ3) is 4.59. The van der Waals surface area contributed by atoms with Crippen molar-refractivity contribution in [2.24, 2.45) is 0 Å². The number of benzene rings is 3. The number of hydrogen-bond acceptors (Lipinski definition) is 4. The Morgan fingerprint density at radius 2 is 1.92 bits per heavy atom. The number of aromatic carboxylic acids is 1. The summed E-state index contributed by atoms with van der Waals surface area (Å²) in [5.41, 5.74) is 13.0. The lowest BCUT2D eigenvalue weighted by molar-refractivity contribution is 0.0695. The van der Waals surface area contributed by atoms with Crippen LogP contribution in [-0.2, 0) is 19.3 Å². The Hall–Kier alpha value is -3.96. The van der Waals surface area contributed by atoms with Gasteiger partial charge in [0.25, 0.3) is 0 Å². The van der Waals surface area contributed by atoms with E-state index in [1.807, 2.05) is 0 Å². The van der Waals surface area contributed by atoms with Crippen LogP contribution in [-0.4, -0.2) is 29.1 Å². The maximum atomic E-state index is 11.6. The summed E-state index contributed by atoms with van der Waals surface area (Å²) in [6, 6.07) is 22.3. The number of carboxylic acid groups (broad SMARTS) is 1. The minimum absolute atomic E-state index is 0.206. The van der Waals surface area contributed by atoms with E-state index >= 15 is 0 Å². The molecule has 5 heteroatoms. The van der Waals surface area contributed by atoms with Gasteiger partial charge < -0.3 is 15.3 Å². The van der Waals surface area contributed by atoms with E-state index in [9.17, 15) is 9.90 Å². The molecule has 0 amide bonds. The van der Waals surface area contributed by atoms with Crippen LogP contribution in [0.25, 0.3) is 11.1 Å². The predicted octanol–water partition coefficient (Wildman–Crippen LogP) is 6.58. The fraction of sp³-hybridized carbons (Fsp3) is 0.273. The van der Waals surface area contributed by atoms with Crippen LogP contribution in [0.15, 0.2) is 73.1 Å². The Labute approximate surface area is 224 Å². The Kier molecular flexibility index (Phi) is 6.46. The minimum atomic E-state index is -0.894. The second kappa shape index (κ2) is 10.1. The molecule has 0 spiro atoms. The number of carboxylic acids is 1. The summed E-state index contributed by atoms with van der Waals surface area (Å²) in [6.07, 6.45) is 6.83. The molecule has 5 nitrogen and oxygen atoms in total. The zero-order valence-corrected chi connectivity index (χ0v) is 22.0. The van der Waals surface area contributed by atoms with E-state index in [0.29, 0.717) is 12.0 Å². The molecule has 0 aliphatic carbocycles. The van der Waals surface area contributed by atoms with Crippen molar-refractivity contribution in [2.45, 2.75) is 45.6 Å². The van der Waals surface area contributed by atoms with Gasteiger partial charge in [0.05, 0.1) is 5.56 Å². The molecule has 1 atom stereocenters. The summed E-state index contributed by atoms with van der Waals surface area (Å²) in [7, 11) is 0. The standard InChI is InChI=1S/C33H33N3O2/c1-21-3-10-32-25(17-21)13-16-36(32)27-6-8-28(22(2)18-27)23-4-7-29-24(19-23)11-15-35-31(29)9-5-26-20-34-14-12-30(26)33(37)38/h3-4,6-8,10,12,14,17-20,31,35H,5,9,11,13,15-16H2,1-2H3,(H,37,38)/t31-/m1/s1. The van der Waals surface area contributed by atoms with E-state index < -0.39 is 5.97 Å². The molecular formula is C33H33N3O2. The number of nitrogens with zero attached hydrogens (tertiary/aromatic N) is 2. The van der Waals surface area contributed by atoms with Gasteiger partial charge in [0.15, 0.2) is 0 Å². The van der Waals surface area contributed by atoms with Gasteiger partial charge in [-0.1, -0.05) is 42.0 Å². The molecule has 4 aromatic rings. The molecule has 3 aromatic carbocycles. The first-order valence-corrected chi connectivity index (χ1v) is 13.5. The number of fused-ring (bicyclic) bond motifs is 2. The first-order valence-electron chi connectivity index (χ1n) is 13.5. The average Bonchev–Trinajstić information content (AvgIpc) is 3.34. The van der Waals surface area contributed by atoms with Crippen LogP contribution in [0.5, 0.6) is 0 Å². The summed E-state index contributed by atoms with van der Waals surface area (Å²) >= 11 is 0. The molecule has 1 aromatic heterocycles. The van der Waals surface area contributed by atoms with Crippen molar-refractivity contribution in [1.29, 1.82) is 0 Å². The van der Waals surface area contributed by atoms with E-state index in [1.54, 1.807) is 18.5 Å². The minimum Gasteiger partial charge on any atom is -0.478 e. The highest BCUT2D eigenvalue weighted by atomic mass is 16.4. The molecule has 2 N–H and O–H groups in total. The normalized spacial score (nSPS) is 16.3. The Balaban J connectivity index is 1.22. The van der Waals surface area contributed by atoms with Gasteiger partial charge in [0.1, 0.15) is 0 Å². The van der Waals surface area contributed by atoms with E-state index in [-0.39, 0.29) is 6.04 Å². The lowest BCUT2D eigenvalue weighted by atomic mass is 9.87. The predicted molar refractivity (Wildman–Crippen MR) is 152 cm³/mol. The summed E-state index contributed by atoms with van der Waals surface area (Å²) in [4.78, 5) is 18.2. The summed E-state index contributed by atoms with van der Waals surface area (Å²) in [5, 5.41) is 13.1. The molecule has 0 bridgehead atoms. The van der Waals surface area contributed by atoms with Crippen LogP contribution in [0.4, 0.5) is 11.4 Å². The van der Waals surface area contributed by atoms with Gasteiger partial charge in [0, 0.05) is 36.4 Å². The van der Waals surface area contributed by atoms with E-state index in [1.165, 1.54) is 50.3 Å². The van der Waals surface area contributed by atoms with E-state index in [2.05, 4.69) is 83.6 Å². The van der Waals surface area contributed by atoms with Crippen LogP contribution in [0.1, 0.15) is 56.2 Å². The van der Waals surface area contributed by atoms with Gasteiger partial charge in [-0.05, 0) is 109 Å². The quantitative estimate of drug-likeness (QED) is 0.311. The molecule has 2 aliphatic heterocycles. The third-order valence-corrected chi connectivity index (χ3v) is 8.10. The topological polar surface area (TPSA) is 65.5 Å². The highest BCUT2D eigenvalue weighted by Gasteiger charge is 2.23. The lowest BCUT2D eigenvalue weighted by Crippen LogP contribution is -2.30. The first kappa shape index (κ1) is 24.4. The van der Waals surface area contributed by atoms with Crippen molar-refractivity contribution >= 4 is 17.3 Å². The fourth-order valence-corrected chi connectivity index (χ4v) is 6.15. The van der Waals surface area contributed by atoms with Crippen LogP contribution in [0.3, 0.4) is 0 Å². The summed E-state index contributed by atoms with van der Waals surface area (Å²) in [6.45, 7) is 6.32. The van der Waals surface area contributed by atoms with Crippen LogP contribution in [0, 0.1) is 13.8 Å². The highest BCUT2D eigenvalue weighted by molar-refractivity contribution is 5.89. The van der Waals surface area contributed by atoms with Crippen molar-refractivity contribution in [1.82, 2.24) is 10.3 Å². The summed E-state index contributed by atoms with van der Waals surface area (Å²) in [5.74, 6) is -0.894. The zero-order valence-electron chi connectivity index (χ0n) is 22.0. The molecule has 2 aliphatic rings. The second-order valence-electron chi connectivity index (χ2n) is 10.6. The Morgan fingerprint density at radius 1 is 1.03 bits per heavy atom. The number of hydrogen-bond donors (Lipinski definition) is 2. The van der Waals surface area contributed by atoms with Gasteiger partial charge in [-0.25, -0.2) is 4.79 Å². The number of pyridine rings is 1. The molecule has 3 heterocycles. The van der Waals surface area contributed by atoms with Crippen molar-refractivity contribution in [3.8, 4) is 11.1 Å². The fourth-order valence-electron chi connectivity index (χ4n) is 6.15. The number of aromatic nitrogens is 1. The highest BCUT2D eigenvalue weighted by Crippen LogP contribution is 2.38. The maximum Gasteiger partial charge on any atom is 0.336 e. The molecule has 0 fully saturated rings. The SMILES string of the molecule is Cc1ccc2c(c1)CCN2c1ccc(-c2ccc3c(c2)CCN[C@@H]3CCc2cnccc2C(=O)O)c(C)c1. The Bertz CT molecular complexity index is 1530. The third-order valence-electron chi connectivity index (χ3n) is 8.10. The van der Waals surface area contributed by atoms with Crippen molar-refractivity contribution in [3.05, 3.63) is 112 Å². The van der Waals surface area contributed by atoms with Crippen LogP contribution in [0.2, 0.25) is 0 Å².